The third-order valence-electron chi connectivity index (χ3n) is 5.72. The summed E-state index contributed by atoms with van der Waals surface area (Å²) in [6.45, 7) is 0.0462. The van der Waals surface area contributed by atoms with Gasteiger partial charge in [-0.15, -0.1) is 10.2 Å². The van der Waals surface area contributed by atoms with Crippen LogP contribution in [0.3, 0.4) is 0 Å². The Hall–Kier alpha value is -4.44. The van der Waals surface area contributed by atoms with Crippen LogP contribution < -0.4 is 10.1 Å². The van der Waals surface area contributed by atoms with Gasteiger partial charge < -0.3 is 14.6 Å². The van der Waals surface area contributed by atoms with Crippen molar-refractivity contribution >= 4 is 35.2 Å². The largest absolute Gasteiger partial charge is 0.496 e. The molecule has 180 valence electrons. The van der Waals surface area contributed by atoms with Gasteiger partial charge in [-0.05, 0) is 65.9 Å². The number of fused-ring (bicyclic) bond motifs is 1. The van der Waals surface area contributed by atoms with Crippen LogP contribution in [-0.2, 0) is 13.6 Å². The van der Waals surface area contributed by atoms with Gasteiger partial charge in [0.05, 0.1) is 30.3 Å². The van der Waals surface area contributed by atoms with Crippen LogP contribution in [0.1, 0.15) is 36.6 Å². The van der Waals surface area contributed by atoms with Gasteiger partial charge in [0.25, 0.3) is 17.7 Å². The van der Waals surface area contributed by atoms with E-state index >= 15 is 0 Å². The lowest BCUT2D eigenvalue weighted by Crippen LogP contribution is -2.29. The normalized spacial score (nSPS) is 12.6. The number of anilines is 1. The van der Waals surface area contributed by atoms with E-state index in [2.05, 4.69) is 15.5 Å². The fourth-order valence-electron chi connectivity index (χ4n) is 3.87. The molecule has 1 aliphatic rings. The smallest absolute Gasteiger partial charge is 0.261 e. The van der Waals surface area contributed by atoms with E-state index in [1.54, 1.807) is 60.9 Å². The van der Waals surface area contributed by atoms with Crippen LogP contribution in [0.25, 0.3) is 0 Å². The first-order chi connectivity index (χ1) is 17.4. The first kappa shape index (κ1) is 23.3. The van der Waals surface area contributed by atoms with Crippen molar-refractivity contribution in [2.45, 2.75) is 16.6 Å². The van der Waals surface area contributed by atoms with Crippen LogP contribution in [-0.4, -0.2) is 44.5 Å². The van der Waals surface area contributed by atoms with Crippen LogP contribution in [0.2, 0.25) is 0 Å². The average Bonchev–Trinajstić information content (AvgIpc) is 3.41. The summed E-state index contributed by atoms with van der Waals surface area (Å²) < 4.78 is 7.21. The van der Waals surface area contributed by atoms with E-state index in [1.807, 2.05) is 23.7 Å². The van der Waals surface area contributed by atoms with E-state index in [0.717, 1.165) is 10.1 Å². The second kappa shape index (κ2) is 9.67. The molecule has 0 bridgehead atoms. The number of nitrogens with one attached hydrogen (secondary N) is 1. The van der Waals surface area contributed by atoms with E-state index in [1.165, 1.54) is 23.8 Å². The first-order valence-corrected chi connectivity index (χ1v) is 11.8. The molecule has 0 atom stereocenters. The SMILES string of the molecule is COc1ccc(CN2C(=O)c3ccccc3C2=O)cc1C(=O)Nc1ccc(Sc2nncn2C)cc1. The second-order valence-electron chi connectivity index (χ2n) is 8.08. The molecule has 3 amide bonds. The lowest BCUT2D eigenvalue weighted by molar-refractivity contribution is 0.0642. The number of imide groups is 1. The second-order valence-corrected chi connectivity index (χ2v) is 9.12. The zero-order valence-electron chi connectivity index (χ0n) is 19.5. The number of aromatic nitrogens is 3. The minimum Gasteiger partial charge on any atom is -0.496 e. The lowest BCUT2D eigenvalue weighted by Gasteiger charge is -2.16. The van der Waals surface area contributed by atoms with E-state index in [-0.39, 0.29) is 24.3 Å². The number of amides is 3. The molecule has 36 heavy (non-hydrogen) atoms. The molecule has 5 rings (SSSR count). The predicted octanol–water partition coefficient (Wildman–Crippen LogP) is 4.02. The number of methoxy groups -OCH3 is 1. The summed E-state index contributed by atoms with van der Waals surface area (Å²) in [5.74, 6) is -0.689. The van der Waals surface area contributed by atoms with Crippen molar-refractivity contribution in [2.75, 3.05) is 12.4 Å². The summed E-state index contributed by atoms with van der Waals surface area (Å²) in [4.78, 5) is 40.7. The third kappa shape index (κ3) is 4.46. The van der Waals surface area contributed by atoms with E-state index in [4.69, 9.17) is 4.74 Å². The summed E-state index contributed by atoms with van der Waals surface area (Å²) in [7, 11) is 3.35. The zero-order chi connectivity index (χ0) is 25.2. The van der Waals surface area contributed by atoms with Gasteiger partial charge in [-0.1, -0.05) is 18.2 Å². The molecule has 0 saturated heterocycles. The summed E-state index contributed by atoms with van der Waals surface area (Å²) in [6, 6.07) is 19.1. The monoisotopic (exact) mass is 499 g/mol. The number of rotatable bonds is 7. The van der Waals surface area contributed by atoms with Crippen LogP contribution in [0.5, 0.6) is 5.75 Å². The third-order valence-corrected chi connectivity index (χ3v) is 6.78. The molecular formula is C26H21N5O4S. The Morgan fingerprint density at radius 3 is 2.31 bits per heavy atom. The van der Waals surface area contributed by atoms with Crippen LogP contribution in [0, 0.1) is 0 Å². The molecule has 1 aromatic heterocycles. The van der Waals surface area contributed by atoms with Gasteiger partial charge in [0.15, 0.2) is 5.16 Å². The highest BCUT2D eigenvalue weighted by Gasteiger charge is 2.35. The Labute approximate surface area is 211 Å². The molecule has 4 aromatic rings. The van der Waals surface area contributed by atoms with E-state index < -0.39 is 0 Å². The number of hydrogen-bond donors (Lipinski definition) is 1. The summed E-state index contributed by atoms with van der Waals surface area (Å²) in [5.41, 5.74) is 2.30. The molecule has 10 heteroatoms. The van der Waals surface area contributed by atoms with E-state index in [9.17, 15) is 14.4 Å². The molecule has 1 N–H and O–H groups in total. The Morgan fingerprint density at radius 1 is 1.00 bits per heavy atom. The number of nitrogens with zero attached hydrogens (tertiary/aromatic N) is 4. The fourth-order valence-corrected chi connectivity index (χ4v) is 4.63. The first-order valence-electron chi connectivity index (χ1n) is 11.0. The van der Waals surface area contributed by atoms with Gasteiger partial charge in [0.1, 0.15) is 12.1 Å². The molecule has 3 aromatic carbocycles. The standard InChI is InChI=1S/C26H21N5O4S/c1-30-15-27-29-26(30)36-18-10-8-17(9-11-18)28-23(32)21-13-16(7-12-22(21)35-2)14-31-24(33)19-5-3-4-6-20(19)25(31)34/h3-13,15H,14H2,1-2H3,(H,28,32). The molecular weight excluding hydrogens is 478 g/mol. The highest BCUT2D eigenvalue weighted by molar-refractivity contribution is 7.99. The summed E-state index contributed by atoms with van der Waals surface area (Å²) in [5, 5.41) is 11.5. The number of ether oxygens (including phenoxy) is 1. The summed E-state index contributed by atoms with van der Waals surface area (Å²) >= 11 is 1.46. The highest BCUT2D eigenvalue weighted by Crippen LogP contribution is 2.28. The zero-order valence-corrected chi connectivity index (χ0v) is 20.3. The Kier molecular flexibility index (Phi) is 6.26. The van der Waals surface area contributed by atoms with Crippen LogP contribution in [0.4, 0.5) is 5.69 Å². The Morgan fingerprint density at radius 2 is 1.69 bits per heavy atom. The molecule has 0 spiro atoms. The molecule has 2 heterocycles. The van der Waals surface area contributed by atoms with Crippen molar-refractivity contribution in [2.24, 2.45) is 7.05 Å². The Bertz CT molecular complexity index is 1450. The lowest BCUT2D eigenvalue weighted by atomic mass is 10.1. The number of hydrogen-bond acceptors (Lipinski definition) is 7. The minimum atomic E-state index is -0.371. The van der Waals surface area contributed by atoms with Crippen molar-refractivity contribution in [1.82, 2.24) is 19.7 Å². The van der Waals surface area contributed by atoms with Crippen molar-refractivity contribution < 1.29 is 19.1 Å². The van der Waals surface area contributed by atoms with Gasteiger partial charge in [0.2, 0.25) is 0 Å². The molecule has 0 radical (unpaired) electrons. The maximum atomic E-state index is 13.1. The molecule has 0 aliphatic carbocycles. The number of aryl methyl sites for hydroxylation is 1. The van der Waals surface area contributed by atoms with Gasteiger partial charge >= 0.3 is 0 Å². The minimum absolute atomic E-state index is 0.0462. The maximum Gasteiger partial charge on any atom is 0.261 e. The maximum absolute atomic E-state index is 13.1. The highest BCUT2D eigenvalue weighted by atomic mass is 32.2. The van der Waals surface area contributed by atoms with Gasteiger partial charge in [-0.2, -0.15) is 0 Å². The number of carbonyl (C=O) groups excluding carboxylic acids is 3. The van der Waals surface area contributed by atoms with Crippen molar-refractivity contribution in [3.05, 3.63) is 95.3 Å². The predicted molar refractivity (Wildman–Crippen MR) is 133 cm³/mol. The van der Waals surface area contributed by atoms with E-state index in [0.29, 0.717) is 33.7 Å². The number of benzene rings is 3. The fraction of sp³-hybridized carbons (Fsp3) is 0.115. The van der Waals surface area contributed by atoms with Crippen molar-refractivity contribution in [1.29, 1.82) is 0 Å². The van der Waals surface area contributed by atoms with Crippen molar-refractivity contribution in [3.8, 4) is 5.75 Å². The van der Waals surface area contributed by atoms with Gasteiger partial charge in [-0.25, -0.2) is 0 Å². The summed E-state index contributed by atoms with van der Waals surface area (Å²) in [6.07, 6.45) is 1.63. The topological polar surface area (TPSA) is 106 Å². The average molecular weight is 500 g/mol. The molecule has 9 nitrogen and oxygen atoms in total. The van der Waals surface area contributed by atoms with Crippen LogP contribution in [0.15, 0.2) is 83.1 Å². The molecule has 0 fully saturated rings. The Balaban J connectivity index is 1.31. The van der Waals surface area contributed by atoms with Crippen LogP contribution >= 0.6 is 11.8 Å². The quantitative estimate of drug-likeness (QED) is 0.383. The number of carbonyl (C=O) groups is 3. The molecule has 1 aliphatic heterocycles. The molecule has 0 saturated carbocycles. The van der Waals surface area contributed by atoms with Gasteiger partial charge in [0, 0.05) is 17.6 Å². The van der Waals surface area contributed by atoms with Crippen molar-refractivity contribution in [3.63, 3.8) is 0 Å². The van der Waals surface area contributed by atoms with Gasteiger partial charge in [-0.3, -0.25) is 19.3 Å². The molecule has 0 unspecified atom stereocenters.